The van der Waals surface area contributed by atoms with Gasteiger partial charge < -0.3 is 19.5 Å². The van der Waals surface area contributed by atoms with Gasteiger partial charge in [-0.05, 0) is 37.1 Å². The van der Waals surface area contributed by atoms with Crippen LogP contribution in [0.3, 0.4) is 0 Å². The van der Waals surface area contributed by atoms with E-state index in [2.05, 4.69) is 10.3 Å². The Bertz CT molecular complexity index is 790. The monoisotopic (exact) mass is 382 g/mol. The van der Waals surface area contributed by atoms with Crippen molar-refractivity contribution >= 4 is 17.6 Å². The molecule has 1 N–H and O–H groups in total. The SMILES string of the molecule is O=C(c1ccc(NC2CCCCC2)nc1)N1CCN(C(=O)c2ccco2)CC1. The van der Waals surface area contributed by atoms with E-state index in [1.54, 1.807) is 28.1 Å². The molecule has 3 heterocycles. The number of aromatic nitrogens is 1. The molecule has 2 fully saturated rings. The molecule has 2 amide bonds. The number of carbonyl (C=O) groups excluding carboxylic acids is 2. The van der Waals surface area contributed by atoms with Crippen LogP contribution in [0.5, 0.6) is 0 Å². The van der Waals surface area contributed by atoms with Crippen LogP contribution < -0.4 is 5.32 Å². The maximum Gasteiger partial charge on any atom is 0.289 e. The van der Waals surface area contributed by atoms with Gasteiger partial charge in [0.15, 0.2) is 5.76 Å². The Morgan fingerprint density at radius 2 is 1.68 bits per heavy atom. The van der Waals surface area contributed by atoms with Gasteiger partial charge in [-0.2, -0.15) is 0 Å². The molecular formula is C21H26N4O3. The normalized spacial score (nSPS) is 18.1. The molecule has 28 heavy (non-hydrogen) atoms. The number of nitrogens with one attached hydrogen (secondary N) is 1. The van der Waals surface area contributed by atoms with Gasteiger partial charge in [0.05, 0.1) is 11.8 Å². The van der Waals surface area contributed by atoms with Crippen molar-refractivity contribution in [3.05, 3.63) is 48.0 Å². The van der Waals surface area contributed by atoms with Gasteiger partial charge in [-0.3, -0.25) is 9.59 Å². The van der Waals surface area contributed by atoms with Gasteiger partial charge >= 0.3 is 0 Å². The molecule has 1 saturated heterocycles. The largest absolute Gasteiger partial charge is 0.459 e. The second-order valence-corrected chi connectivity index (χ2v) is 7.47. The summed E-state index contributed by atoms with van der Waals surface area (Å²) in [6.45, 7) is 2.01. The zero-order valence-electron chi connectivity index (χ0n) is 16.0. The summed E-state index contributed by atoms with van der Waals surface area (Å²) in [4.78, 5) is 33.0. The van der Waals surface area contributed by atoms with E-state index in [0.29, 0.717) is 43.5 Å². The van der Waals surface area contributed by atoms with Gasteiger partial charge in [0.1, 0.15) is 5.82 Å². The van der Waals surface area contributed by atoms with Crippen molar-refractivity contribution in [2.75, 3.05) is 31.5 Å². The summed E-state index contributed by atoms with van der Waals surface area (Å²) in [5, 5.41) is 3.47. The third-order valence-electron chi connectivity index (χ3n) is 5.55. The number of pyridine rings is 1. The summed E-state index contributed by atoms with van der Waals surface area (Å²) in [5.74, 6) is 1.00. The quantitative estimate of drug-likeness (QED) is 0.879. The van der Waals surface area contributed by atoms with E-state index in [1.807, 2.05) is 12.1 Å². The first-order valence-corrected chi connectivity index (χ1v) is 10.1. The minimum absolute atomic E-state index is 0.0400. The predicted octanol–water partition coefficient (Wildman–Crippen LogP) is 3.02. The van der Waals surface area contributed by atoms with E-state index in [4.69, 9.17) is 4.42 Å². The van der Waals surface area contributed by atoms with E-state index in [0.717, 1.165) is 5.82 Å². The van der Waals surface area contributed by atoms with Gasteiger partial charge in [0.25, 0.3) is 11.8 Å². The van der Waals surface area contributed by atoms with Crippen molar-refractivity contribution in [1.82, 2.24) is 14.8 Å². The molecule has 2 aliphatic rings. The third-order valence-corrected chi connectivity index (χ3v) is 5.55. The Morgan fingerprint density at radius 3 is 2.29 bits per heavy atom. The Balaban J connectivity index is 1.30. The number of anilines is 1. The number of carbonyl (C=O) groups is 2. The molecule has 1 aliphatic carbocycles. The lowest BCUT2D eigenvalue weighted by Gasteiger charge is -2.34. The summed E-state index contributed by atoms with van der Waals surface area (Å²) in [5.41, 5.74) is 0.583. The Hall–Kier alpha value is -2.83. The van der Waals surface area contributed by atoms with E-state index in [-0.39, 0.29) is 11.8 Å². The fourth-order valence-corrected chi connectivity index (χ4v) is 3.91. The summed E-state index contributed by atoms with van der Waals surface area (Å²) in [7, 11) is 0. The average Bonchev–Trinajstić information content (AvgIpc) is 3.29. The molecule has 0 bridgehead atoms. The summed E-state index contributed by atoms with van der Waals surface area (Å²) in [6.07, 6.45) is 9.36. The van der Waals surface area contributed by atoms with Crippen LogP contribution in [-0.4, -0.2) is 58.8 Å². The van der Waals surface area contributed by atoms with Crippen molar-refractivity contribution in [2.45, 2.75) is 38.1 Å². The van der Waals surface area contributed by atoms with Gasteiger partial charge in [-0.1, -0.05) is 19.3 Å². The highest BCUT2D eigenvalue weighted by molar-refractivity contribution is 5.95. The molecule has 7 nitrogen and oxygen atoms in total. The van der Waals surface area contributed by atoms with Crippen LogP contribution in [-0.2, 0) is 0 Å². The Morgan fingerprint density at radius 1 is 0.964 bits per heavy atom. The highest BCUT2D eigenvalue weighted by atomic mass is 16.3. The number of rotatable bonds is 4. The molecule has 148 valence electrons. The van der Waals surface area contributed by atoms with Crippen LogP contribution in [0.2, 0.25) is 0 Å². The van der Waals surface area contributed by atoms with Crippen LogP contribution in [0.15, 0.2) is 41.1 Å². The molecule has 2 aromatic rings. The Labute approximate surface area is 164 Å². The first-order valence-electron chi connectivity index (χ1n) is 10.1. The van der Waals surface area contributed by atoms with Crippen molar-refractivity contribution in [3.63, 3.8) is 0 Å². The molecule has 0 unspecified atom stereocenters. The predicted molar refractivity (Wildman–Crippen MR) is 105 cm³/mol. The van der Waals surface area contributed by atoms with Crippen LogP contribution in [0.4, 0.5) is 5.82 Å². The fraction of sp³-hybridized carbons (Fsp3) is 0.476. The van der Waals surface area contributed by atoms with Crippen molar-refractivity contribution < 1.29 is 14.0 Å². The lowest BCUT2D eigenvalue weighted by atomic mass is 9.95. The molecule has 0 aromatic carbocycles. The number of nitrogens with zero attached hydrogens (tertiary/aromatic N) is 3. The second kappa shape index (κ2) is 8.46. The van der Waals surface area contributed by atoms with Crippen LogP contribution in [0, 0.1) is 0 Å². The maximum absolute atomic E-state index is 12.7. The van der Waals surface area contributed by atoms with Gasteiger partial charge in [-0.25, -0.2) is 4.98 Å². The molecule has 1 aliphatic heterocycles. The van der Waals surface area contributed by atoms with Crippen molar-refractivity contribution in [1.29, 1.82) is 0 Å². The van der Waals surface area contributed by atoms with E-state index in [1.165, 1.54) is 38.4 Å². The molecular weight excluding hydrogens is 356 g/mol. The zero-order valence-corrected chi connectivity index (χ0v) is 16.0. The van der Waals surface area contributed by atoms with Gasteiger partial charge in [0.2, 0.25) is 0 Å². The fourth-order valence-electron chi connectivity index (χ4n) is 3.91. The minimum atomic E-state index is -0.128. The zero-order chi connectivity index (χ0) is 19.3. The van der Waals surface area contributed by atoms with Gasteiger partial charge in [0, 0.05) is 38.4 Å². The molecule has 1 saturated carbocycles. The summed E-state index contributed by atoms with van der Waals surface area (Å²) >= 11 is 0. The maximum atomic E-state index is 12.7. The van der Waals surface area contributed by atoms with E-state index < -0.39 is 0 Å². The van der Waals surface area contributed by atoms with Crippen LogP contribution in [0.1, 0.15) is 53.0 Å². The minimum Gasteiger partial charge on any atom is -0.459 e. The van der Waals surface area contributed by atoms with E-state index in [9.17, 15) is 9.59 Å². The van der Waals surface area contributed by atoms with E-state index >= 15 is 0 Å². The lowest BCUT2D eigenvalue weighted by Crippen LogP contribution is -2.50. The van der Waals surface area contributed by atoms with Crippen LogP contribution >= 0.6 is 0 Å². The smallest absolute Gasteiger partial charge is 0.289 e. The first kappa shape index (κ1) is 18.5. The first-order chi connectivity index (χ1) is 13.7. The van der Waals surface area contributed by atoms with Crippen molar-refractivity contribution in [3.8, 4) is 0 Å². The van der Waals surface area contributed by atoms with Crippen molar-refractivity contribution in [2.24, 2.45) is 0 Å². The molecule has 0 spiro atoms. The number of amides is 2. The summed E-state index contributed by atoms with van der Waals surface area (Å²) < 4.78 is 5.17. The Kier molecular flexibility index (Phi) is 5.60. The number of hydrogen-bond donors (Lipinski definition) is 1. The molecule has 4 rings (SSSR count). The molecule has 0 radical (unpaired) electrons. The third kappa shape index (κ3) is 4.18. The topological polar surface area (TPSA) is 78.7 Å². The highest BCUT2D eigenvalue weighted by Gasteiger charge is 2.26. The molecule has 0 atom stereocenters. The second-order valence-electron chi connectivity index (χ2n) is 7.47. The number of hydrogen-bond acceptors (Lipinski definition) is 5. The number of furan rings is 1. The number of piperazine rings is 1. The summed E-state index contributed by atoms with van der Waals surface area (Å²) in [6, 6.07) is 7.57. The molecule has 2 aromatic heterocycles. The standard InChI is InChI=1S/C21H26N4O3/c26-20(16-8-9-19(22-15-16)23-17-5-2-1-3-6-17)24-10-12-25(13-11-24)21(27)18-7-4-14-28-18/h4,7-9,14-15,17H,1-3,5-6,10-13H2,(H,22,23). The average molecular weight is 382 g/mol. The molecule has 7 heteroatoms. The van der Waals surface area contributed by atoms with Gasteiger partial charge in [-0.15, -0.1) is 0 Å². The lowest BCUT2D eigenvalue weighted by molar-refractivity contribution is 0.0518. The van der Waals surface area contributed by atoms with Crippen LogP contribution in [0.25, 0.3) is 0 Å². The highest BCUT2D eigenvalue weighted by Crippen LogP contribution is 2.21.